The Morgan fingerprint density at radius 2 is 1.65 bits per heavy atom. The Balaban J connectivity index is 1.47. The molecule has 1 aliphatic heterocycles. The molecule has 1 fully saturated rings. The highest BCUT2D eigenvalue weighted by atomic mass is 16.6. The van der Waals surface area contributed by atoms with E-state index in [0.717, 1.165) is 22.3 Å². The summed E-state index contributed by atoms with van der Waals surface area (Å²) < 4.78 is 11.1. The molecule has 2 aromatic rings. The van der Waals surface area contributed by atoms with Crippen LogP contribution in [-0.2, 0) is 19.1 Å². The van der Waals surface area contributed by atoms with Crippen LogP contribution in [-0.4, -0.2) is 59.0 Å². The quantitative estimate of drug-likeness (QED) is 0.674. The lowest BCUT2D eigenvalue weighted by molar-refractivity contribution is -0.157. The first-order valence-electron chi connectivity index (χ1n) is 11.4. The smallest absolute Gasteiger partial charge is 0.407 e. The normalized spacial score (nSPS) is 19.4. The summed E-state index contributed by atoms with van der Waals surface area (Å²) in [4.78, 5) is 39.0. The number of nitrogens with zero attached hydrogens (tertiary/aromatic N) is 1. The first-order valence-corrected chi connectivity index (χ1v) is 11.4. The Kier molecular flexibility index (Phi) is 6.36. The molecule has 2 atom stereocenters. The predicted molar refractivity (Wildman–Crippen MR) is 125 cm³/mol. The number of benzene rings is 2. The maximum atomic E-state index is 13.4. The first kappa shape index (κ1) is 23.8. The number of hydrogen-bond donors (Lipinski definition) is 2. The lowest BCUT2D eigenvalue weighted by atomic mass is 9.98. The van der Waals surface area contributed by atoms with Gasteiger partial charge in [0.05, 0.1) is 6.61 Å². The van der Waals surface area contributed by atoms with Crippen molar-refractivity contribution in [3.63, 3.8) is 0 Å². The highest BCUT2D eigenvalue weighted by molar-refractivity contribution is 5.90. The first-order chi connectivity index (χ1) is 16.1. The highest BCUT2D eigenvalue weighted by Crippen LogP contribution is 2.44. The lowest BCUT2D eigenvalue weighted by Crippen LogP contribution is -2.59. The van der Waals surface area contributed by atoms with Crippen molar-refractivity contribution in [3.8, 4) is 11.1 Å². The fourth-order valence-corrected chi connectivity index (χ4v) is 4.83. The van der Waals surface area contributed by atoms with Gasteiger partial charge >= 0.3 is 12.1 Å². The molecule has 2 aromatic carbocycles. The fraction of sp³-hybridized carbons (Fsp3) is 0.423. The molecule has 2 amide bonds. The summed E-state index contributed by atoms with van der Waals surface area (Å²) in [7, 11) is 0. The summed E-state index contributed by atoms with van der Waals surface area (Å²) in [6.07, 6.45) is -0.723. The van der Waals surface area contributed by atoms with Gasteiger partial charge in [0.2, 0.25) is 5.91 Å². The summed E-state index contributed by atoms with van der Waals surface area (Å²) in [5, 5.41) is 12.2. The van der Waals surface area contributed by atoms with Crippen LogP contribution >= 0.6 is 0 Å². The minimum atomic E-state index is -1.15. The third kappa shape index (κ3) is 4.25. The Hall–Kier alpha value is -3.39. The molecule has 180 valence electrons. The number of carboxylic acid groups (broad SMARTS) is 1. The maximum absolute atomic E-state index is 13.4. The van der Waals surface area contributed by atoms with Gasteiger partial charge in [0.1, 0.15) is 18.4 Å². The second-order valence-electron chi connectivity index (χ2n) is 9.51. The van der Waals surface area contributed by atoms with E-state index in [0.29, 0.717) is 0 Å². The molecule has 1 saturated heterocycles. The van der Waals surface area contributed by atoms with Crippen molar-refractivity contribution < 1.29 is 29.0 Å². The SMILES string of the molecule is CC(C)[C@@H](NC(=O)OCC1c2ccccc2-c2ccccc21)C(=O)N1[C@@H](C(=O)O)COC1(C)C. The number of alkyl carbamates (subject to hydrolysis) is 1. The zero-order chi connectivity index (χ0) is 24.6. The molecule has 2 aliphatic rings. The van der Waals surface area contributed by atoms with E-state index >= 15 is 0 Å². The molecular weight excluding hydrogens is 436 g/mol. The van der Waals surface area contributed by atoms with Gasteiger partial charge in [-0.25, -0.2) is 9.59 Å². The summed E-state index contributed by atoms with van der Waals surface area (Å²) in [5.74, 6) is -2.06. The van der Waals surface area contributed by atoms with Gasteiger partial charge in [-0.1, -0.05) is 62.4 Å². The number of ether oxygens (including phenoxy) is 2. The number of fused-ring (bicyclic) bond motifs is 3. The number of amides is 2. The van der Waals surface area contributed by atoms with Crippen LogP contribution in [0.25, 0.3) is 11.1 Å². The number of aliphatic carboxylic acids is 1. The van der Waals surface area contributed by atoms with Gasteiger partial charge in [-0.05, 0) is 42.0 Å². The zero-order valence-electron chi connectivity index (χ0n) is 19.8. The number of carbonyl (C=O) groups excluding carboxylic acids is 2. The Morgan fingerprint density at radius 3 is 2.18 bits per heavy atom. The Labute approximate surface area is 198 Å². The van der Waals surface area contributed by atoms with Gasteiger partial charge < -0.3 is 19.9 Å². The fourth-order valence-electron chi connectivity index (χ4n) is 4.83. The average Bonchev–Trinajstić information content (AvgIpc) is 3.29. The van der Waals surface area contributed by atoms with Crippen LogP contribution < -0.4 is 5.32 Å². The molecule has 0 spiro atoms. The van der Waals surface area contributed by atoms with Gasteiger partial charge in [0, 0.05) is 5.92 Å². The van der Waals surface area contributed by atoms with Crippen LogP contribution in [0.1, 0.15) is 44.7 Å². The van der Waals surface area contributed by atoms with E-state index in [9.17, 15) is 19.5 Å². The van der Waals surface area contributed by atoms with E-state index in [-0.39, 0.29) is 25.0 Å². The van der Waals surface area contributed by atoms with Crippen LogP contribution in [0.15, 0.2) is 48.5 Å². The second-order valence-corrected chi connectivity index (χ2v) is 9.51. The van der Waals surface area contributed by atoms with E-state index in [1.54, 1.807) is 27.7 Å². The van der Waals surface area contributed by atoms with Crippen molar-refractivity contribution in [1.82, 2.24) is 10.2 Å². The minimum absolute atomic E-state index is 0.103. The molecule has 0 saturated carbocycles. The molecule has 34 heavy (non-hydrogen) atoms. The largest absolute Gasteiger partial charge is 0.480 e. The monoisotopic (exact) mass is 466 g/mol. The number of carbonyl (C=O) groups is 3. The van der Waals surface area contributed by atoms with E-state index in [4.69, 9.17) is 9.47 Å². The number of carboxylic acids is 1. The number of hydrogen-bond acceptors (Lipinski definition) is 5. The predicted octanol–water partition coefficient (Wildman–Crippen LogP) is 3.60. The molecule has 8 nitrogen and oxygen atoms in total. The number of nitrogens with one attached hydrogen (secondary N) is 1. The molecule has 1 heterocycles. The lowest BCUT2D eigenvalue weighted by Gasteiger charge is -2.36. The molecule has 1 aliphatic carbocycles. The molecule has 0 unspecified atom stereocenters. The topological polar surface area (TPSA) is 105 Å². The van der Waals surface area contributed by atoms with Crippen molar-refractivity contribution in [3.05, 3.63) is 59.7 Å². The molecule has 0 aromatic heterocycles. The number of rotatable bonds is 6. The van der Waals surface area contributed by atoms with Crippen LogP contribution in [0.2, 0.25) is 0 Å². The standard InChI is InChI=1S/C26H30N2O6/c1-15(2)22(23(29)28-21(24(30)31)14-34-26(28,3)4)27-25(32)33-13-20-18-11-7-5-9-16(18)17-10-6-8-12-19(17)20/h5-12,15,20-22H,13-14H2,1-4H3,(H,27,32)(H,30,31)/t21-,22-/m1/s1. The van der Waals surface area contributed by atoms with Crippen molar-refractivity contribution >= 4 is 18.0 Å². The summed E-state index contributed by atoms with van der Waals surface area (Å²) in [5.41, 5.74) is 3.33. The zero-order valence-corrected chi connectivity index (χ0v) is 19.8. The van der Waals surface area contributed by atoms with Crippen molar-refractivity contribution in [2.24, 2.45) is 5.92 Å². The van der Waals surface area contributed by atoms with E-state index < -0.39 is 35.8 Å². The van der Waals surface area contributed by atoms with Crippen LogP contribution in [0.4, 0.5) is 4.79 Å². The maximum Gasteiger partial charge on any atom is 0.407 e. The third-order valence-corrected chi connectivity index (χ3v) is 6.56. The molecular formula is C26H30N2O6. The van der Waals surface area contributed by atoms with Gasteiger partial charge in [-0.3, -0.25) is 9.69 Å². The summed E-state index contributed by atoms with van der Waals surface area (Å²) in [6.45, 7) is 6.86. The van der Waals surface area contributed by atoms with Crippen LogP contribution in [0, 0.1) is 5.92 Å². The molecule has 0 radical (unpaired) electrons. The summed E-state index contributed by atoms with van der Waals surface area (Å²) in [6, 6.07) is 14.0. The van der Waals surface area contributed by atoms with Crippen molar-refractivity contribution in [1.29, 1.82) is 0 Å². The molecule has 8 heteroatoms. The third-order valence-electron chi connectivity index (χ3n) is 6.56. The Morgan fingerprint density at radius 1 is 1.09 bits per heavy atom. The van der Waals surface area contributed by atoms with Gasteiger partial charge in [0.25, 0.3) is 0 Å². The van der Waals surface area contributed by atoms with Gasteiger partial charge in [-0.2, -0.15) is 0 Å². The second kappa shape index (κ2) is 9.10. The average molecular weight is 467 g/mol. The highest BCUT2D eigenvalue weighted by Gasteiger charge is 2.49. The van der Waals surface area contributed by atoms with E-state index in [2.05, 4.69) is 17.4 Å². The van der Waals surface area contributed by atoms with E-state index in [1.165, 1.54) is 4.90 Å². The van der Waals surface area contributed by atoms with Gasteiger partial charge in [0.15, 0.2) is 6.04 Å². The van der Waals surface area contributed by atoms with Crippen LogP contribution in [0.3, 0.4) is 0 Å². The van der Waals surface area contributed by atoms with E-state index in [1.807, 2.05) is 36.4 Å². The van der Waals surface area contributed by atoms with Crippen molar-refractivity contribution in [2.45, 2.75) is 51.4 Å². The van der Waals surface area contributed by atoms with Gasteiger partial charge in [-0.15, -0.1) is 0 Å². The summed E-state index contributed by atoms with van der Waals surface area (Å²) >= 11 is 0. The molecule has 2 N–H and O–H groups in total. The Bertz CT molecular complexity index is 1070. The minimum Gasteiger partial charge on any atom is -0.480 e. The molecule has 4 rings (SSSR count). The van der Waals surface area contributed by atoms with Crippen LogP contribution in [0.5, 0.6) is 0 Å². The molecule has 0 bridgehead atoms. The van der Waals surface area contributed by atoms with Crippen molar-refractivity contribution in [2.75, 3.05) is 13.2 Å².